The Kier molecular flexibility index (Phi) is 6.16. The summed E-state index contributed by atoms with van der Waals surface area (Å²) in [5, 5.41) is 3.55. The molecule has 92 valence electrons. The highest BCUT2D eigenvalue weighted by Gasteiger charge is 1.99. The molecule has 0 aromatic carbocycles. The van der Waals surface area contributed by atoms with E-state index in [0.29, 0.717) is 6.04 Å². The van der Waals surface area contributed by atoms with E-state index in [1.165, 1.54) is 25.7 Å². The summed E-state index contributed by atoms with van der Waals surface area (Å²) in [6, 6.07) is 0.667. The first-order valence-electron chi connectivity index (χ1n) is 6.45. The second-order valence-electron chi connectivity index (χ2n) is 4.52. The molecule has 1 unspecified atom stereocenters. The Bertz CT molecular complexity index is 280. The molecule has 1 rings (SSSR count). The summed E-state index contributed by atoms with van der Waals surface area (Å²) in [6.07, 6.45) is 8.94. The molecule has 0 fully saturated rings. The van der Waals surface area contributed by atoms with E-state index in [2.05, 4.69) is 41.8 Å². The molecule has 0 amide bonds. The van der Waals surface area contributed by atoms with Gasteiger partial charge in [0.15, 0.2) is 0 Å². The van der Waals surface area contributed by atoms with Crippen molar-refractivity contribution in [2.45, 2.75) is 59.0 Å². The van der Waals surface area contributed by atoms with Crippen molar-refractivity contribution in [1.29, 1.82) is 0 Å². The summed E-state index contributed by atoms with van der Waals surface area (Å²) >= 11 is 0. The fourth-order valence-electron chi connectivity index (χ4n) is 1.93. The number of rotatable bonds is 8. The zero-order valence-electron chi connectivity index (χ0n) is 10.9. The first-order chi connectivity index (χ1) is 7.74. The quantitative estimate of drug-likeness (QED) is 0.687. The number of nitrogens with one attached hydrogen (secondary N) is 1. The van der Waals surface area contributed by atoms with Gasteiger partial charge in [0.25, 0.3) is 0 Å². The Morgan fingerprint density at radius 2 is 2.25 bits per heavy atom. The lowest BCUT2D eigenvalue weighted by Crippen LogP contribution is -2.26. The highest BCUT2D eigenvalue weighted by molar-refractivity contribution is 4.87. The lowest BCUT2D eigenvalue weighted by molar-refractivity contribution is 0.483. The molecule has 0 aliphatic carbocycles. The molecule has 1 heterocycles. The fourth-order valence-corrected chi connectivity index (χ4v) is 1.93. The van der Waals surface area contributed by atoms with E-state index in [9.17, 15) is 0 Å². The van der Waals surface area contributed by atoms with Crippen LogP contribution in [-0.2, 0) is 6.54 Å². The number of hydrogen-bond donors (Lipinski definition) is 1. The third kappa shape index (κ3) is 4.79. The monoisotopic (exact) mass is 223 g/mol. The summed E-state index contributed by atoms with van der Waals surface area (Å²) in [5.41, 5.74) is 0. The van der Waals surface area contributed by atoms with Gasteiger partial charge in [-0.1, -0.05) is 13.3 Å². The van der Waals surface area contributed by atoms with Gasteiger partial charge in [-0.2, -0.15) is 0 Å². The molecule has 16 heavy (non-hydrogen) atoms. The zero-order valence-corrected chi connectivity index (χ0v) is 10.9. The van der Waals surface area contributed by atoms with Crippen molar-refractivity contribution in [2.24, 2.45) is 0 Å². The van der Waals surface area contributed by atoms with E-state index < -0.39 is 0 Å². The van der Waals surface area contributed by atoms with Crippen LogP contribution in [0.25, 0.3) is 0 Å². The van der Waals surface area contributed by atoms with E-state index in [1.54, 1.807) is 0 Å². The Labute approximate surface area is 99.3 Å². The van der Waals surface area contributed by atoms with Crippen molar-refractivity contribution < 1.29 is 0 Å². The van der Waals surface area contributed by atoms with Crippen molar-refractivity contribution in [1.82, 2.24) is 14.9 Å². The minimum Gasteiger partial charge on any atom is -0.335 e. The van der Waals surface area contributed by atoms with Gasteiger partial charge in [-0.3, -0.25) is 0 Å². The molecule has 0 saturated carbocycles. The van der Waals surface area contributed by atoms with Crippen molar-refractivity contribution in [3.63, 3.8) is 0 Å². The lowest BCUT2D eigenvalue weighted by atomic mass is 10.2. The number of aryl methyl sites for hydroxylation is 2. The van der Waals surface area contributed by atoms with Crippen LogP contribution in [0, 0.1) is 6.92 Å². The number of hydrogen-bond acceptors (Lipinski definition) is 2. The molecule has 0 bridgehead atoms. The van der Waals surface area contributed by atoms with Crippen LogP contribution in [-0.4, -0.2) is 22.1 Å². The van der Waals surface area contributed by atoms with Gasteiger partial charge in [-0.15, -0.1) is 0 Å². The average molecular weight is 223 g/mol. The van der Waals surface area contributed by atoms with Gasteiger partial charge in [-0.25, -0.2) is 4.98 Å². The summed E-state index contributed by atoms with van der Waals surface area (Å²) in [4.78, 5) is 4.22. The molecular formula is C13H25N3. The first kappa shape index (κ1) is 13.2. The van der Waals surface area contributed by atoms with Gasteiger partial charge in [0.1, 0.15) is 5.82 Å². The van der Waals surface area contributed by atoms with Crippen LogP contribution in [0.5, 0.6) is 0 Å². The molecule has 0 spiro atoms. The van der Waals surface area contributed by atoms with Crippen LogP contribution >= 0.6 is 0 Å². The van der Waals surface area contributed by atoms with Gasteiger partial charge in [-0.05, 0) is 39.7 Å². The van der Waals surface area contributed by atoms with Crippen LogP contribution in [0.15, 0.2) is 12.4 Å². The third-order valence-corrected chi connectivity index (χ3v) is 2.96. The van der Waals surface area contributed by atoms with E-state index in [4.69, 9.17) is 0 Å². The van der Waals surface area contributed by atoms with Crippen LogP contribution < -0.4 is 5.32 Å². The number of imidazole rings is 1. The third-order valence-electron chi connectivity index (χ3n) is 2.96. The van der Waals surface area contributed by atoms with Gasteiger partial charge in [0.05, 0.1) is 0 Å². The van der Waals surface area contributed by atoms with Gasteiger partial charge >= 0.3 is 0 Å². The maximum absolute atomic E-state index is 4.22. The second kappa shape index (κ2) is 7.44. The largest absolute Gasteiger partial charge is 0.335 e. The minimum absolute atomic E-state index is 0.667. The average Bonchev–Trinajstić information content (AvgIpc) is 2.64. The summed E-state index contributed by atoms with van der Waals surface area (Å²) < 4.78 is 2.22. The summed E-state index contributed by atoms with van der Waals surface area (Å²) in [5.74, 6) is 1.12. The zero-order chi connectivity index (χ0) is 11.8. The summed E-state index contributed by atoms with van der Waals surface area (Å²) in [7, 11) is 0. The normalized spacial score (nSPS) is 12.9. The van der Waals surface area contributed by atoms with E-state index in [0.717, 1.165) is 18.9 Å². The van der Waals surface area contributed by atoms with Crippen LogP contribution in [0.4, 0.5) is 0 Å². The molecule has 3 heteroatoms. The molecule has 1 aromatic rings. The minimum atomic E-state index is 0.667. The molecule has 0 aliphatic heterocycles. The highest BCUT2D eigenvalue weighted by atomic mass is 15.0. The van der Waals surface area contributed by atoms with E-state index >= 15 is 0 Å². The predicted octanol–water partition coefficient (Wildman–Crippen LogP) is 2.75. The van der Waals surface area contributed by atoms with Crippen molar-refractivity contribution in [3.05, 3.63) is 18.2 Å². The van der Waals surface area contributed by atoms with Crippen molar-refractivity contribution in [2.75, 3.05) is 6.54 Å². The van der Waals surface area contributed by atoms with Crippen LogP contribution in [0.2, 0.25) is 0 Å². The van der Waals surface area contributed by atoms with Gasteiger partial charge in [0.2, 0.25) is 0 Å². The topological polar surface area (TPSA) is 29.9 Å². The Balaban J connectivity index is 2.02. The maximum Gasteiger partial charge on any atom is 0.105 e. The molecule has 1 aromatic heterocycles. The van der Waals surface area contributed by atoms with Gasteiger partial charge < -0.3 is 9.88 Å². The number of nitrogens with zero attached hydrogens (tertiary/aromatic N) is 2. The van der Waals surface area contributed by atoms with Crippen molar-refractivity contribution >= 4 is 0 Å². The van der Waals surface area contributed by atoms with Crippen molar-refractivity contribution in [3.8, 4) is 0 Å². The molecule has 0 radical (unpaired) electrons. The smallest absolute Gasteiger partial charge is 0.105 e. The number of unbranched alkanes of at least 4 members (excludes halogenated alkanes) is 1. The first-order valence-corrected chi connectivity index (χ1v) is 6.45. The summed E-state index contributed by atoms with van der Waals surface area (Å²) in [6.45, 7) is 8.79. The van der Waals surface area contributed by atoms with E-state index in [1.807, 2.05) is 6.20 Å². The Hall–Kier alpha value is -0.830. The molecule has 0 saturated heterocycles. The fraction of sp³-hybridized carbons (Fsp3) is 0.769. The van der Waals surface area contributed by atoms with Gasteiger partial charge in [0, 0.05) is 25.0 Å². The molecule has 1 atom stereocenters. The standard InChI is InChI=1S/C13H25N3/c1-4-7-12(2)14-8-5-6-10-16-11-9-15-13(16)3/h9,11-12,14H,4-8,10H2,1-3H3. The highest BCUT2D eigenvalue weighted by Crippen LogP contribution is 2.00. The SMILES string of the molecule is CCCC(C)NCCCCn1ccnc1C. The molecule has 0 aliphatic rings. The molecule has 1 N–H and O–H groups in total. The van der Waals surface area contributed by atoms with E-state index in [-0.39, 0.29) is 0 Å². The Morgan fingerprint density at radius 1 is 1.44 bits per heavy atom. The molecule has 3 nitrogen and oxygen atoms in total. The molecular weight excluding hydrogens is 198 g/mol. The Morgan fingerprint density at radius 3 is 2.88 bits per heavy atom. The lowest BCUT2D eigenvalue weighted by Gasteiger charge is -2.12. The number of aromatic nitrogens is 2. The van der Waals surface area contributed by atoms with Crippen LogP contribution in [0.1, 0.15) is 45.4 Å². The maximum atomic E-state index is 4.22. The van der Waals surface area contributed by atoms with Crippen LogP contribution in [0.3, 0.4) is 0 Å². The predicted molar refractivity (Wildman–Crippen MR) is 68.6 cm³/mol. The second-order valence-corrected chi connectivity index (χ2v) is 4.52.